The third-order valence-corrected chi connectivity index (χ3v) is 5.13. The summed E-state index contributed by atoms with van der Waals surface area (Å²) in [5.74, 6) is -1.35. The average molecular weight is 490 g/mol. The number of hydrogen-bond acceptors (Lipinski definition) is 3. The predicted molar refractivity (Wildman–Crippen MR) is 140 cm³/mol. The molecule has 0 saturated heterocycles. The molecule has 0 aliphatic rings. The van der Waals surface area contributed by atoms with Crippen LogP contribution in [-0.4, -0.2) is 23.3 Å². The summed E-state index contributed by atoms with van der Waals surface area (Å²) in [6, 6.07) is 23.6. The van der Waals surface area contributed by atoms with E-state index in [2.05, 4.69) is 10.6 Å². The number of hydrogen-bond donors (Lipinski definition) is 2. The second-order valence-electron chi connectivity index (χ2n) is 8.93. The zero-order valence-electron chi connectivity index (χ0n) is 19.9. The Kier molecular flexibility index (Phi) is 8.44. The first kappa shape index (κ1) is 25.7. The molecular weight excluding hydrogens is 462 g/mol. The zero-order chi connectivity index (χ0) is 25.4. The van der Waals surface area contributed by atoms with Crippen LogP contribution in [0.5, 0.6) is 0 Å². The number of para-hydroxylation sites is 2. The Morgan fingerprint density at radius 2 is 1.40 bits per heavy atom. The molecule has 6 nitrogen and oxygen atoms in total. The Balaban J connectivity index is 1.99. The van der Waals surface area contributed by atoms with Crippen LogP contribution in [0.2, 0.25) is 5.02 Å². The van der Waals surface area contributed by atoms with Gasteiger partial charge in [-0.25, -0.2) is 0 Å². The Morgan fingerprint density at radius 3 is 1.97 bits per heavy atom. The van der Waals surface area contributed by atoms with E-state index in [0.717, 1.165) is 6.08 Å². The van der Waals surface area contributed by atoms with Crippen LogP contribution >= 0.6 is 11.6 Å². The second-order valence-corrected chi connectivity index (χ2v) is 9.36. The van der Waals surface area contributed by atoms with Gasteiger partial charge in [0, 0.05) is 34.1 Å². The van der Waals surface area contributed by atoms with Crippen molar-refractivity contribution in [2.75, 3.05) is 10.2 Å². The lowest BCUT2D eigenvalue weighted by molar-refractivity contribution is -0.126. The van der Waals surface area contributed by atoms with Crippen molar-refractivity contribution in [2.24, 2.45) is 0 Å². The standard InChI is InChI=1S/C28H28ClN3O3/c1-28(2,3)31-27(35)26(20-14-16-21(29)17-15-20)32(23-12-8-5-9-13-23)25(34)19-18-24(33)30-22-10-6-4-7-11-22/h4-19,26H,1-3H3,(H,30,33)(H,31,35)/b19-18-. The third kappa shape index (κ3) is 7.55. The van der Waals surface area contributed by atoms with E-state index in [1.165, 1.54) is 11.0 Å². The molecule has 0 saturated carbocycles. The summed E-state index contributed by atoms with van der Waals surface area (Å²) >= 11 is 6.08. The zero-order valence-corrected chi connectivity index (χ0v) is 20.6. The average Bonchev–Trinajstić information content (AvgIpc) is 2.82. The fourth-order valence-corrected chi connectivity index (χ4v) is 3.55. The molecule has 180 valence electrons. The van der Waals surface area contributed by atoms with E-state index in [4.69, 9.17) is 11.6 Å². The van der Waals surface area contributed by atoms with Crippen LogP contribution in [0.4, 0.5) is 11.4 Å². The maximum atomic E-state index is 13.5. The van der Waals surface area contributed by atoms with E-state index >= 15 is 0 Å². The largest absolute Gasteiger partial charge is 0.349 e. The molecule has 35 heavy (non-hydrogen) atoms. The number of nitrogens with one attached hydrogen (secondary N) is 2. The van der Waals surface area contributed by atoms with Crippen molar-refractivity contribution in [2.45, 2.75) is 32.4 Å². The summed E-state index contributed by atoms with van der Waals surface area (Å²) in [6.07, 6.45) is 2.32. The Bertz CT molecular complexity index is 1190. The van der Waals surface area contributed by atoms with Crippen LogP contribution in [0.25, 0.3) is 0 Å². The molecule has 2 N–H and O–H groups in total. The number of benzene rings is 3. The Labute approximate surface area is 210 Å². The van der Waals surface area contributed by atoms with Crippen LogP contribution in [0.3, 0.4) is 0 Å². The summed E-state index contributed by atoms with van der Waals surface area (Å²) < 4.78 is 0. The van der Waals surface area contributed by atoms with Gasteiger partial charge in [-0.15, -0.1) is 0 Å². The molecule has 3 aromatic carbocycles. The lowest BCUT2D eigenvalue weighted by atomic mass is 10.0. The number of carbonyl (C=O) groups excluding carboxylic acids is 3. The van der Waals surface area contributed by atoms with Gasteiger partial charge in [0.05, 0.1) is 0 Å². The number of rotatable bonds is 7. The maximum absolute atomic E-state index is 13.5. The second kappa shape index (κ2) is 11.5. The van der Waals surface area contributed by atoms with Crippen LogP contribution in [0, 0.1) is 0 Å². The van der Waals surface area contributed by atoms with Crippen molar-refractivity contribution in [1.29, 1.82) is 0 Å². The van der Waals surface area contributed by atoms with Gasteiger partial charge in [-0.2, -0.15) is 0 Å². The van der Waals surface area contributed by atoms with Crippen molar-refractivity contribution < 1.29 is 14.4 Å². The summed E-state index contributed by atoms with van der Waals surface area (Å²) in [5.41, 5.74) is 1.17. The van der Waals surface area contributed by atoms with Crippen molar-refractivity contribution >= 4 is 40.7 Å². The lowest BCUT2D eigenvalue weighted by Crippen LogP contribution is -2.49. The van der Waals surface area contributed by atoms with Gasteiger partial charge in [-0.1, -0.05) is 60.1 Å². The number of anilines is 2. The molecule has 7 heteroatoms. The molecule has 3 aromatic rings. The van der Waals surface area contributed by atoms with E-state index in [1.807, 2.05) is 32.9 Å². The fraction of sp³-hybridized carbons (Fsp3) is 0.179. The van der Waals surface area contributed by atoms with Gasteiger partial charge >= 0.3 is 0 Å². The van der Waals surface area contributed by atoms with Crippen molar-refractivity contribution in [1.82, 2.24) is 5.32 Å². The summed E-state index contributed by atoms with van der Waals surface area (Å²) in [7, 11) is 0. The molecule has 0 aliphatic carbocycles. The van der Waals surface area contributed by atoms with E-state index < -0.39 is 23.4 Å². The fourth-order valence-electron chi connectivity index (χ4n) is 3.43. The summed E-state index contributed by atoms with van der Waals surface area (Å²) in [6.45, 7) is 5.60. The van der Waals surface area contributed by atoms with Crippen LogP contribution in [-0.2, 0) is 14.4 Å². The quantitative estimate of drug-likeness (QED) is 0.429. The number of nitrogens with zero attached hydrogens (tertiary/aromatic N) is 1. The van der Waals surface area contributed by atoms with Gasteiger partial charge in [0.25, 0.3) is 5.91 Å². The molecule has 0 radical (unpaired) electrons. The third-order valence-electron chi connectivity index (χ3n) is 4.88. The van der Waals surface area contributed by atoms with Gasteiger partial charge < -0.3 is 10.6 Å². The van der Waals surface area contributed by atoms with Crippen LogP contribution in [0.1, 0.15) is 32.4 Å². The molecule has 1 atom stereocenters. The van der Waals surface area contributed by atoms with Crippen LogP contribution in [0.15, 0.2) is 97.1 Å². The number of halogens is 1. The van der Waals surface area contributed by atoms with E-state index in [-0.39, 0.29) is 5.91 Å². The molecular formula is C28H28ClN3O3. The first-order valence-corrected chi connectivity index (χ1v) is 11.5. The maximum Gasteiger partial charge on any atom is 0.252 e. The molecule has 0 aliphatic heterocycles. The molecule has 0 heterocycles. The van der Waals surface area contributed by atoms with Gasteiger partial charge in [-0.3, -0.25) is 19.3 Å². The highest BCUT2D eigenvalue weighted by Gasteiger charge is 2.33. The molecule has 0 fully saturated rings. The van der Waals surface area contributed by atoms with Gasteiger partial charge in [0.2, 0.25) is 11.8 Å². The highest BCUT2D eigenvalue weighted by Crippen LogP contribution is 2.29. The first-order chi connectivity index (χ1) is 16.6. The van der Waals surface area contributed by atoms with Crippen LogP contribution < -0.4 is 15.5 Å². The highest BCUT2D eigenvalue weighted by molar-refractivity contribution is 6.30. The SMILES string of the molecule is CC(C)(C)NC(=O)C(c1ccc(Cl)cc1)N(C(=O)/C=C\C(=O)Nc1ccccc1)c1ccccc1. The minimum atomic E-state index is -0.997. The Hall–Kier alpha value is -3.90. The van der Waals surface area contributed by atoms with Crippen molar-refractivity contribution in [3.8, 4) is 0 Å². The minimum absolute atomic E-state index is 0.362. The molecule has 3 amide bonds. The first-order valence-electron chi connectivity index (χ1n) is 11.1. The molecule has 0 bridgehead atoms. The molecule has 3 rings (SSSR count). The number of carbonyl (C=O) groups is 3. The highest BCUT2D eigenvalue weighted by atomic mass is 35.5. The van der Waals surface area contributed by atoms with E-state index in [1.54, 1.807) is 72.8 Å². The number of amides is 3. The monoisotopic (exact) mass is 489 g/mol. The van der Waals surface area contributed by atoms with Crippen molar-refractivity contribution in [3.05, 3.63) is 108 Å². The molecule has 0 aromatic heterocycles. The van der Waals surface area contributed by atoms with E-state index in [9.17, 15) is 14.4 Å². The van der Waals surface area contributed by atoms with Gasteiger partial charge in [0.1, 0.15) is 6.04 Å². The molecule has 1 unspecified atom stereocenters. The predicted octanol–water partition coefficient (Wildman–Crippen LogP) is 5.52. The van der Waals surface area contributed by atoms with Gasteiger partial charge in [0.15, 0.2) is 0 Å². The topological polar surface area (TPSA) is 78.5 Å². The van der Waals surface area contributed by atoms with E-state index in [0.29, 0.717) is 22.0 Å². The smallest absolute Gasteiger partial charge is 0.252 e. The van der Waals surface area contributed by atoms with Gasteiger partial charge in [-0.05, 0) is 62.7 Å². The normalized spacial score (nSPS) is 12.1. The Morgan fingerprint density at radius 1 is 0.829 bits per heavy atom. The summed E-state index contributed by atoms with van der Waals surface area (Å²) in [5, 5.41) is 6.19. The lowest BCUT2D eigenvalue weighted by Gasteiger charge is -2.33. The summed E-state index contributed by atoms with van der Waals surface area (Å²) in [4.78, 5) is 40.8. The molecule has 0 spiro atoms. The van der Waals surface area contributed by atoms with Crippen molar-refractivity contribution in [3.63, 3.8) is 0 Å². The minimum Gasteiger partial charge on any atom is -0.349 e.